The van der Waals surface area contributed by atoms with E-state index in [-0.39, 0.29) is 6.04 Å². The lowest BCUT2D eigenvalue weighted by molar-refractivity contribution is 0.199. The van der Waals surface area contributed by atoms with Crippen molar-refractivity contribution in [2.24, 2.45) is 5.73 Å². The van der Waals surface area contributed by atoms with E-state index in [9.17, 15) is 0 Å². The quantitative estimate of drug-likeness (QED) is 0.907. The third-order valence-electron chi connectivity index (χ3n) is 4.56. The van der Waals surface area contributed by atoms with Crippen LogP contribution in [0.2, 0.25) is 5.02 Å². The Labute approximate surface area is 134 Å². The molecule has 2 unspecified atom stereocenters. The summed E-state index contributed by atoms with van der Waals surface area (Å²) in [5.74, 6) is 0. The average Bonchev–Trinajstić information content (AvgIpc) is 2.47. The van der Waals surface area contributed by atoms with E-state index in [4.69, 9.17) is 17.3 Å². The molecule has 0 amide bonds. The smallest absolute Gasteiger partial charge is 0.0410 e. The van der Waals surface area contributed by atoms with Gasteiger partial charge in [0.25, 0.3) is 0 Å². The number of piperazine rings is 1. The maximum atomic E-state index is 6.19. The zero-order valence-corrected chi connectivity index (χ0v) is 14.2. The number of hydrogen-bond donors (Lipinski definition) is 1. The number of halogens is 1. The van der Waals surface area contributed by atoms with Crippen LogP contribution in [0.3, 0.4) is 0 Å². The summed E-state index contributed by atoms with van der Waals surface area (Å²) in [6.07, 6.45) is 1.89. The van der Waals surface area contributed by atoms with Crippen LogP contribution in [0.5, 0.6) is 0 Å². The molecule has 1 aliphatic heterocycles. The van der Waals surface area contributed by atoms with Crippen LogP contribution in [0.25, 0.3) is 0 Å². The first kappa shape index (κ1) is 16.6. The molecule has 1 aromatic rings. The number of anilines is 1. The van der Waals surface area contributed by atoms with Crippen molar-refractivity contribution in [2.75, 3.05) is 31.1 Å². The lowest BCUT2D eigenvalue weighted by atomic mass is 10.0. The number of likely N-dealkylation sites (N-methyl/N-ethyl adjacent to an activating group) is 1. The van der Waals surface area contributed by atoms with Crippen molar-refractivity contribution in [3.8, 4) is 0 Å². The lowest BCUT2D eigenvalue weighted by Crippen LogP contribution is -2.52. The lowest BCUT2D eigenvalue weighted by Gasteiger charge is -2.41. The van der Waals surface area contributed by atoms with Crippen LogP contribution < -0.4 is 10.6 Å². The fraction of sp³-hybridized carbons (Fsp3) is 0.647. The molecule has 21 heavy (non-hydrogen) atoms. The summed E-state index contributed by atoms with van der Waals surface area (Å²) in [6, 6.07) is 7.04. The molecule has 1 aliphatic rings. The van der Waals surface area contributed by atoms with Crippen molar-refractivity contribution in [2.45, 2.75) is 45.7 Å². The van der Waals surface area contributed by atoms with Crippen LogP contribution in [0.15, 0.2) is 18.2 Å². The van der Waals surface area contributed by atoms with Gasteiger partial charge in [-0.15, -0.1) is 0 Å². The zero-order chi connectivity index (χ0) is 15.4. The standard InChI is InChI=1S/C17H28ClN3/c1-4-16(19)11-14-10-15(18)6-7-17(14)21-9-8-20(5-2)13(3)12-21/h6-7,10,13,16H,4-5,8-9,11-12,19H2,1-3H3. The number of benzene rings is 1. The normalized spacial score (nSPS) is 21.6. The van der Waals surface area contributed by atoms with E-state index in [0.29, 0.717) is 6.04 Å². The van der Waals surface area contributed by atoms with Gasteiger partial charge in [0.1, 0.15) is 0 Å². The first-order valence-electron chi connectivity index (χ1n) is 8.08. The summed E-state index contributed by atoms with van der Waals surface area (Å²) < 4.78 is 0. The van der Waals surface area contributed by atoms with Gasteiger partial charge in [-0.2, -0.15) is 0 Å². The number of rotatable bonds is 5. The van der Waals surface area contributed by atoms with Gasteiger partial charge in [0.15, 0.2) is 0 Å². The molecule has 1 aromatic carbocycles. The Morgan fingerprint density at radius 2 is 2.10 bits per heavy atom. The molecule has 2 atom stereocenters. The van der Waals surface area contributed by atoms with Crippen molar-refractivity contribution in [3.05, 3.63) is 28.8 Å². The molecule has 118 valence electrons. The van der Waals surface area contributed by atoms with Crippen molar-refractivity contribution < 1.29 is 0 Å². The Balaban J connectivity index is 2.19. The number of hydrogen-bond acceptors (Lipinski definition) is 3. The molecular formula is C17H28ClN3. The van der Waals surface area contributed by atoms with Crippen LogP contribution in [0, 0.1) is 0 Å². The third-order valence-corrected chi connectivity index (χ3v) is 4.80. The fourth-order valence-corrected chi connectivity index (χ4v) is 3.33. The van der Waals surface area contributed by atoms with Crippen LogP contribution >= 0.6 is 11.6 Å². The molecule has 0 bridgehead atoms. The second-order valence-electron chi connectivity index (χ2n) is 6.07. The van der Waals surface area contributed by atoms with Crippen molar-refractivity contribution in [1.29, 1.82) is 0 Å². The average molecular weight is 310 g/mol. The Hall–Kier alpha value is -0.770. The second-order valence-corrected chi connectivity index (χ2v) is 6.51. The minimum atomic E-state index is 0.205. The molecule has 2 rings (SSSR count). The first-order chi connectivity index (χ1) is 10.0. The highest BCUT2D eigenvalue weighted by Crippen LogP contribution is 2.27. The van der Waals surface area contributed by atoms with E-state index in [2.05, 4.69) is 42.7 Å². The van der Waals surface area contributed by atoms with Crippen LogP contribution in [0.1, 0.15) is 32.8 Å². The Morgan fingerprint density at radius 3 is 2.71 bits per heavy atom. The monoisotopic (exact) mass is 309 g/mol. The van der Waals surface area contributed by atoms with E-state index in [0.717, 1.165) is 44.0 Å². The summed E-state index contributed by atoms with van der Waals surface area (Å²) >= 11 is 6.19. The molecular weight excluding hydrogens is 282 g/mol. The highest BCUT2D eigenvalue weighted by Gasteiger charge is 2.24. The van der Waals surface area contributed by atoms with Gasteiger partial charge in [0.2, 0.25) is 0 Å². The molecule has 0 aliphatic carbocycles. The van der Waals surface area contributed by atoms with Crippen LogP contribution in [-0.2, 0) is 6.42 Å². The summed E-state index contributed by atoms with van der Waals surface area (Å²) in [5.41, 5.74) is 8.75. The Kier molecular flexibility index (Phi) is 5.91. The Bertz CT molecular complexity index is 463. The SMILES string of the molecule is CCC(N)Cc1cc(Cl)ccc1N1CCN(CC)C(C)C1. The van der Waals surface area contributed by atoms with Gasteiger partial charge in [0.05, 0.1) is 0 Å². The van der Waals surface area contributed by atoms with Gasteiger partial charge in [-0.1, -0.05) is 25.4 Å². The highest BCUT2D eigenvalue weighted by atomic mass is 35.5. The molecule has 1 heterocycles. The molecule has 0 spiro atoms. The molecule has 3 nitrogen and oxygen atoms in total. The maximum Gasteiger partial charge on any atom is 0.0410 e. The molecule has 0 radical (unpaired) electrons. The topological polar surface area (TPSA) is 32.5 Å². The van der Waals surface area contributed by atoms with Crippen LogP contribution in [-0.4, -0.2) is 43.2 Å². The first-order valence-corrected chi connectivity index (χ1v) is 8.45. The summed E-state index contributed by atoms with van der Waals surface area (Å²) in [7, 11) is 0. The van der Waals surface area contributed by atoms with Gasteiger partial charge in [-0.25, -0.2) is 0 Å². The predicted molar refractivity (Wildman–Crippen MR) is 92.3 cm³/mol. The van der Waals surface area contributed by atoms with Gasteiger partial charge < -0.3 is 10.6 Å². The fourth-order valence-electron chi connectivity index (χ4n) is 3.14. The van der Waals surface area contributed by atoms with E-state index in [1.807, 2.05) is 6.07 Å². The van der Waals surface area contributed by atoms with Gasteiger partial charge in [0, 0.05) is 42.4 Å². The van der Waals surface area contributed by atoms with Crippen molar-refractivity contribution in [1.82, 2.24) is 4.90 Å². The molecule has 1 fully saturated rings. The highest BCUT2D eigenvalue weighted by molar-refractivity contribution is 6.30. The molecule has 2 N–H and O–H groups in total. The molecule has 4 heteroatoms. The minimum absolute atomic E-state index is 0.205. The zero-order valence-electron chi connectivity index (χ0n) is 13.5. The van der Waals surface area contributed by atoms with Crippen LogP contribution in [0.4, 0.5) is 5.69 Å². The van der Waals surface area contributed by atoms with E-state index in [1.54, 1.807) is 0 Å². The second kappa shape index (κ2) is 7.48. The van der Waals surface area contributed by atoms with Gasteiger partial charge >= 0.3 is 0 Å². The summed E-state index contributed by atoms with van der Waals surface area (Å²) in [4.78, 5) is 5.02. The maximum absolute atomic E-state index is 6.19. The minimum Gasteiger partial charge on any atom is -0.368 e. The Morgan fingerprint density at radius 1 is 1.33 bits per heavy atom. The largest absolute Gasteiger partial charge is 0.368 e. The van der Waals surface area contributed by atoms with E-state index < -0.39 is 0 Å². The molecule has 1 saturated heterocycles. The molecule has 0 saturated carbocycles. The number of nitrogens with two attached hydrogens (primary N) is 1. The van der Waals surface area contributed by atoms with Gasteiger partial charge in [-0.05, 0) is 50.1 Å². The summed E-state index contributed by atoms with van der Waals surface area (Å²) in [6.45, 7) is 11.1. The van der Waals surface area contributed by atoms with E-state index >= 15 is 0 Å². The molecule has 0 aromatic heterocycles. The third kappa shape index (κ3) is 4.12. The van der Waals surface area contributed by atoms with Gasteiger partial charge in [-0.3, -0.25) is 4.90 Å². The summed E-state index contributed by atoms with van der Waals surface area (Å²) in [5, 5.41) is 0.803. The predicted octanol–water partition coefficient (Wildman–Crippen LogP) is 3.15. The number of nitrogens with zero attached hydrogens (tertiary/aromatic N) is 2. The van der Waals surface area contributed by atoms with E-state index in [1.165, 1.54) is 11.3 Å². The van der Waals surface area contributed by atoms with Crippen molar-refractivity contribution >= 4 is 17.3 Å². The van der Waals surface area contributed by atoms with Crippen molar-refractivity contribution in [3.63, 3.8) is 0 Å².